The molecular formula is C31H32ClFN4O6. The van der Waals surface area contributed by atoms with E-state index in [0.29, 0.717) is 66.7 Å². The number of likely N-dealkylation sites (tertiary alicyclic amines) is 1. The fourth-order valence-corrected chi connectivity index (χ4v) is 6.34. The van der Waals surface area contributed by atoms with Crippen LogP contribution in [0.25, 0.3) is 10.9 Å². The van der Waals surface area contributed by atoms with Gasteiger partial charge in [-0.15, -0.1) is 0 Å². The number of ether oxygens (including phenoxy) is 5. The minimum absolute atomic E-state index is 0.00200. The van der Waals surface area contributed by atoms with E-state index >= 15 is 0 Å². The fraction of sp³-hybridized carbons (Fsp3) is 0.452. The summed E-state index contributed by atoms with van der Waals surface area (Å²) in [6.45, 7) is 4.51. The highest BCUT2D eigenvalue weighted by molar-refractivity contribution is 6.31. The van der Waals surface area contributed by atoms with Gasteiger partial charge >= 0.3 is 0 Å². The van der Waals surface area contributed by atoms with Crippen LogP contribution in [-0.4, -0.2) is 91.3 Å². The molecule has 0 radical (unpaired) electrons. The average Bonchev–Trinajstić information content (AvgIpc) is 3.73. The summed E-state index contributed by atoms with van der Waals surface area (Å²) in [7, 11) is 0. The molecule has 5 unspecified atom stereocenters. The Morgan fingerprint density at radius 2 is 1.93 bits per heavy atom. The Bertz CT molecular complexity index is 1530. The average molecular weight is 611 g/mol. The molecule has 1 N–H and O–H groups in total. The highest BCUT2D eigenvalue weighted by atomic mass is 35.5. The monoisotopic (exact) mass is 610 g/mol. The summed E-state index contributed by atoms with van der Waals surface area (Å²) >= 11 is 5.99. The summed E-state index contributed by atoms with van der Waals surface area (Å²) in [5.74, 6) is 0.627. The Balaban J connectivity index is 1.13. The Kier molecular flexibility index (Phi) is 8.26. The van der Waals surface area contributed by atoms with Gasteiger partial charge in [-0.05, 0) is 36.8 Å². The lowest BCUT2D eigenvalue weighted by molar-refractivity contribution is -0.116. The lowest BCUT2D eigenvalue weighted by Gasteiger charge is -2.24. The van der Waals surface area contributed by atoms with E-state index in [1.807, 2.05) is 18.2 Å². The van der Waals surface area contributed by atoms with Crippen molar-refractivity contribution in [2.24, 2.45) is 5.92 Å². The molecule has 4 aliphatic heterocycles. The van der Waals surface area contributed by atoms with E-state index < -0.39 is 5.82 Å². The molecule has 2 aromatic carbocycles. The maximum absolute atomic E-state index is 13.7. The largest absolute Gasteiger partial charge is 0.487 e. The van der Waals surface area contributed by atoms with Crippen molar-refractivity contribution in [2.45, 2.75) is 37.4 Å². The summed E-state index contributed by atoms with van der Waals surface area (Å²) in [6, 6.07) is 8.07. The van der Waals surface area contributed by atoms with Gasteiger partial charge in [0.1, 0.15) is 29.8 Å². The van der Waals surface area contributed by atoms with Gasteiger partial charge in [-0.1, -0.05) is 17.7 Å². The predicted octanol–water partition coefficient (Wildman–Crippen LogP) is 4.07. The van der Waals surface area contributed by atoms with E-state index in [1.54, 1.807) is 12.1 Å². The van der Waals surface area contributed by atoms with Crippen molar-refractivity contribution in [3.8, 4) is 5.75 Å². The quantitative estimate of drug-likeness (QED) is 0.357. The van der Waals surface area contributed by atoms with Crippen molar-refractivity contribution < 1.29 is 32.9 Å². The van der Waals surface area contributed by atoms with Gasteiger partial charge in [0.05, 0.1) is 55.1 Å². The molecule has 0 saturated carbocycles. The first-order valence-electron chi connectivity index (χ1n) is 14.5. The van der Waals surface area contributed by atoms with Crippen LogP contribution in [0.2, 0.25) is 5.02 Å². The first kappa shape index (κ1) is 28.6. The van der Waals surface area contributed by atoms with Crippen molar-refractivity contribution in [2.75, 3.05) is 51.4 Å². The van der Waals surface area contributed by atoms with Crippen LogP contribution in [0.4, 0.5) is 15.9 Å². The molecule has 0 aliphatic carbocycles. The van der Waals surface area contributed by atoms with Gasteiger partial charge in [0.25, 0.3) is 0 Å². The number of carbonyl (C=O) groups excluding carboxylic acids is 1. The third-order valence-electron chi connectivity index (χ3n) is 8.33. The van der Waals surface area contributed by atoms with Gasteiger partial charge in [0.2, 0.25) is 0 Å². The van der Waals surface area contributed by atoms with Crippen LogP contribution in [0.1, 0.15) is 12.0 Å². The van der Waals surface area contributed by atoms with Gasteiger partial charge in [-0.25, -0.2) is 14.4 Å². The van der Waals surface area contributed by atoms with Crippen LogP contribution in [0.5, 0.6) is 5.75 Å². The standard InChI is InChI=1S/C31H32ClFN4O6/c32-23-12-19(3-4-24(23)33)36-30-22-11-18(10-20(38)2-1-6-37-14-27-28(15-37)40-9-8-39-27)26(13-25(22)34-17-35-30)43-29-16-42-31-21(29)5-7-41-31/h1-4,11-13,17,21,27-29,31H,5-10,14-16H2,(H,34,35,36)/b2-1+. The van der Waals surface area contributed by atoms with Crippen molar-refractivity contribution in [3.63, 3.8) is 0 Å². The Morgan fingerprint density at radius 1 is 1.09 bits per heavy atom. The van der Waals surface area contributed by atoms with E-state index in [2.05, 4.69) is 20.2 Å². The molecule has 4 saturated heterocycles. The van der Waals surface area contributed by atoms with Gasteiger partial charge in [0, 0.05) is 48.8 Å². The lowest BCUT2D eigenvalue weighted by Crippen LogP contribution is -2.36. The number of hydrogen-bond donors (Lipinski definition) is 1. The number of halogens is 2. The summed E-state index contributed by atoms with van der Waals surface area (Å²) in [6.07, 6.45) is 5.66. The molecule has 5 heterocycles. The molecule has 5 atom stereocenters. The lowest BCUT2D eigenvalue weighted by atomic mass is 10.0. The third kappa shape index (κ3) is 6.24. The normalized spacial score (nSPS) is 27.1. The predicted molar refractivity (Wildman–Crippen MR) is 156 cm³/mol. The second-order valence-corrected chi connectivity index (χ2v) is 11.6. The molecule has 226 valence electrons. The number of nitrogens with zero attached hydrogens (tertiary/aromatic N) is 3. The highest BCUT2D eigenvalue weighted by Gasteiger charge is 2.43. The van der Waals surface area contributed by atoms with Crippen LogP contribution in [0.15, 0.2) is 48.8 Å². The Labute approximate surface area is 253 Å². The first-order valence-corrected chi connectivity index (χ1v) is 14.9. The van der Waals surface area contributed by atoms with Crippen LogP contribution >= 0.6 is 11.6 Å². The number of rotatable bonds is 9. The summed E-state index contributed by atoms with van der Waals surface area (Å²) in [4.78, 5) is 24.3. The van der Waals surface area contributed by atoms with E-state index in [9.17, 15) is 9.18 Å². The summed E-state index contributed by atoms with van der Waals surface area (Å²) < 4.78 is 43.3. The van der Waals surface area contributed by atoms with Gasteiger partial charge in [-0.2, -0.15) is 0 Å². The maximum atomic E-state index is 13.7. The molecule has 43 heavy (non-hydrogen) atoms. The molecule has 7 rings (SSSR count). The maximum Gasteiger partial charge on any atom is 0.164 e. The second kappa shape index (κ2) is 12.4. The number of anilines is 2. The van der Waals surface area contributed by atoms with E-state index in [4.69, 9.17) is 35.3 Å². The second-order valence-electron chi connectivity index (χ2n) is 11.2. The summed E-state index contributed by atoms with van der Waals surface area (Å²) in [5.41, 5.74) is 1.90. The summed E-state index contributed by atoms with van der Waals surface area (Å²) in [5, 5.41) is 3.89. The Morgan fingerprint density at radius 3 is 2.74 bits per heavy atom. The smallest absolute Gasteiger partial charge is 0.164 e. The van der Waals surface area contributed by atoms with Crippen molar-refractivity contribution >= 4 is 39.8 Å². The molecular weight excluding hydrogens is 579 g/mol. The number of ketones is 1. The van der Waals surface area contributed by atoms with Gasteiger partial charge in [-0.3, -0.25) is 9.69 Å². The molecule has 3 aromatic rings. The number of hydrogen-bond acceptors (Lipinski definition) is 10. The zero-order valence-electron chi connectivity index (χ0n) is 23.4. The zero-order valence-corrected chi connectivity index (χ0v) is 24.2. The van der Waals surface area contributed by atoms with Crippen LogP contribution in [-0.2, 0) is 30.2 Å². The number of carbonyl (C=O) groups is 1. The molecule has 1 aromatic heterocycles. The van der Waals surface area contributed by atoms with E-state index in [0.717, 1.165) is 19.5 Å². The number of nitrogens with one attached hydrogen (secondary N) is 1. The number of allylic oxidation sites excluding steroid dienone is 1. The molecule has 0 amide bonds. The van der Waals surface area contributed by atoms with Crippen molar-refractivity contribution in [1.29, 1.82) is 0 Å². The Hall–Kier alpha value is -3.19. The fourth-order valence-electron chi connectivity index (χ4n) is 6.16. The topological polar surface area (TPSA) is 104 Å². The molecule has 12 heteroatoms. The number of fused-ring (bicyclic) bond motifs is 3. The van der Waals surface area contributed by atoms with Crippen molar-refractivity contribution in [1.82, 2.24) is 14.9 Å². The van der Waals surface area contributed by atoms with Crippen LogP contribution in [0, 0.1) is 11.7 Å². The third-order valence-corrected chi connectivity index (χ3v) is 8.62. The minimum atomic E-state index is -0.508. The van der Waals surface area contributed by atoms with Crippen LogP contribution in [0.3, 0.4) is 0 Å². The highest BCUT2D eigenvalue weighted by Crippen LogP contribution is 2.37. The molecule has 0 spiro atoms. The molecule has 4 fully saturated rings. The van der Waals surface area contributed by atoms with Gasteiger partial charge < -0.3 is 29.0 Å². The number of aromatic nitrogens is 2. The molecule has 0 bridgehead atoms. The molecule has 4 aliphatic rings. The van der Waals surface area contributed by atoms with E-state index in [-0.39, 0.29) is 47.7 Å². The first-order chi connectivity index (χ1) is 21.0. The van der Waals surface area contributed by atoms with Gasteiger partial charge in [0.15, 0.2) is 12.1 Å². The minimum Gasteiger partial charge on any atom is -0.487 e. The van der Waals surface area contributed by atoms with Crippen molar-refractivity contribution in [3.05, 3.63) is 65.2 Å². The van der Waals surface area contributed by atoms with E-state index in [1.165, 1.54) is 18.5 Å². The molecule has 10 nitrogen and oxygen atoms in total. The van der Waals surface area contributed by atoms with Crippen LogP contribution < -0.4 is 10.1 Å². The zero-order chi connectivity index (χ0) is 29.3. The SMILES string of the molecule is O=C(/C=C/CN1CC2OCCOC2C1)Cc1cc2c(Nc3ccc(F)c(Cl)c3)ncnc2cc1OC1COC2OCCC12. The number of benzene rings is 2.